The Labute approximate surface area is 99.5 Å². The Balaban J connectivity index is 2.33. The van der Waals surface area contributed by atoms with Gasteiger partial charge in [-0.15, -0.1) is 0 Å². The van der Waals surface area contributed by atoms with Crippen LogP contribution in [0.5, 0.6) is 0 Å². The number of furan rings is 2. The zero-order chi connectivity index (χ0) is 12.3. The van der Waals surface area contributed by atoms with Gasteiger partial charge in [-0.05, 0) is 24.3 Å². The van der Waals surface area contributed by atoms with E-state index in [2.05, 4.69) is 5.16 Å². The van der Waals surface area contributed by atoms with Crippen molar-refractivity contribution < 1.29 is 14.0 Å². The molecule has 2 aromatic heterocycles. The van der Waals surface area contributed by atoms with Crippen molar-refractivity contribution in [3.8, 4) is 0 Å². The van der Waals surface area contributed by atoms with Crippen LogP contribution in [0.1, 0.15) is 36.9 Å². The van der Waals surface area contributed by atoms with Gasteiger partial charge in [0.1, 0.15) is 11.5 Å². The number of oxime groups is 1. The summed E-state index contributed by atoms with van der Waals surface area (Å²) in [5, 5.41) is 12.3. The van der Waals surface area contributed by atoms with E-state index in [9.17, 15) is 0 Å². The van der Waals surface area contributed by atoms with Gasteiger partial charge in [0.2, 0.25) is 0 Å². The van der Waals surface area contributed by atoms with Crippen molar-refractivity contribution in [1.82, 2.24) is 0 Å². The van der Waals surface area contributed by atoms with Crippen molar-refractivity contribution in [2.75, 3.05) is 0 Å². The summed E-state index contributed by atoms with van der Waals surface area (Å²) in [5.74, 6) is 2.73. The maximum atomic E-state index is 9.06. The third kappa shape index (κ3) is 2.25. The fourth-order valence-corrected chi connectivity index (χ4v) is 1.61. The summed E-state index contributed by atoms with van der Waals surface area (Å²) in [7, 11) is 0. The van der Waals surface area contributed by atoms with Gasteiger partial charge in [0, 0.05) is 12.8 Å². The Bertz CT molecular complexity index is 478. The quantitative estimate of drug-likeness (QED) is 0.501. The van der Waals surface area contributed by atoms with Gasteiger partial charge < -0.3 is 14.0 Å². The summed E-state index contributed by atoms with van der Waals surface area (Å²) >= 11 is 0. The molecule has 2 aromatic rings. The standard InChI is InChI=1S/C13H15NO3/c1-3-9-5-7-11(16-9)13(14-15)12-8-6-10(4-2)17-12/h5-8,15H,3-4H2,1-2H3. The topological polar surface area (TPSA) is 58.9 Å². The van der Waals surface area contributed by atoms with Gasteiger partial charge in [-0.3, -0.25) is 0 Å². The van der Waals surface area contributed by atoms with Crippen LogP contribution in [0.25, 0.3) is 0 Å². The maximum absolute atomic E-state index is 9.06. The Morgan fingerprint density at radius 1 is 1.00 bits per heavy atom. The highest BCUT2D eigenvalue weighted by atomic mass is 16.4. The van der Waals surface area contributed by atoms with E-state index in [1.165, 1.54) is 0 Å². The molecule has 17 heavy (non-hydrogen) atoms. The molecule has 4 nitrogen and oxygen atoms in total. The molecule has 4 heteroatoms. The minimum atomic E-state index is 0.324. The van der Waals surface area contributed by atoms with Gasteiger partial charge >= 0.3 is 0 Å². The van der Waals surface area contributed by atoms with E-state index in [1.807, 2.05) is 26.0 Å². The number of hydrogen-bond donors (Lipinski definition) is 1. The number of nitrogens with zero attached hydrogens (tertiary/aromatic N) is 1. The number of rotatable bonds is 4. The highest BCUT2D eigenvalue weighted by Crippen LogP contribution is 2.17. The predicted molar refractivity (Wildman–Crippen MR) is 63.6 cm³/mol. The van der Waals surface area contributed by atoms with Crippen molar-refractivity contribution in [3.05, 3.63) is 47.3 Å². The average molecular weight is 233 g/mol. The second-order valence-electron chi connectivity index (χ2n) is 3.69. The summed E-state index contributed by atoms with van der Waals surface area (Å²) in [5.41, 5.74) is 0.324. The SMILES string of the molecule is CCc1ccc(C(=NO)c2ccc(CC)o2)o1. The van der Waals surface area contributed by atoms with Crippen molar-refractivity contribution >= 4 is 5.71 Å². The molecule has 0 bridgehead atoms. The number of aryl methyl sites for hydroxylation is 2. The Kier molecular flexibility index (Phi) is 3.32. The lowest BCUT2D eigenvalue weighted by Crippen LogP contribution is -2.00. The molecule has 0 spiro atoms. The Morgan fingerprint density at radius 3 is 1.76 bits per heavy atom. The van der Waals surface area contributed by atoms with E-state index in [0.717, 1.165) is 24.4 Å². The third-order valence-corrected chi connectivity index (χ3v) is 2.59. The molecular weight excluding hydrogens is 218 g/mol. The van der Waals surface area contributed by atoms with Crippen LogP contribution in [-0.2, 0) is 12.8 Å². The lowest BCUT2D eigenvalue weighted by molar-refractivity contribution is 0.316. The van der Waals surface area contributed by atoms with Gasteiger partial charge in [-0.2, -0.15) is 0 Å². The second-order valence-corrected chi connectivity index (χ2v) is 3.69. The largest absolute Gasteiger partial charge is 0.459 e. The Hall–Kier alpha value is -1.97. The molecule has 2 heterocycles. The molecule has 0 radical (unpaired) electrons. The zero-order valence-corrected chi connectivity index (χ0v) is 9.93. The van der Waals surface area contributed by atoms with E-state index < -0.39 is 0 Å². The summed E-state index contributed by atoms with van der Waals surface area (Å²) in [6, 6.07) is 7.29. The van der Waals surface area contributed by atoms with Crippen LogP contribution in [0.3, 0.4) is 0 Å². The number of hydrogen-bond acceptors (Lipinski definition) is 4. The smallest absolute Gasteiger partial charge is 0.187 e. The van der Waals surface area contributed by atoms with Gasteiger partial charge in [0.25, 0.3) is 0 Å². The molecule has 2 rings (SSSR count). The van der Waals surface area contributed by atoms with Crippen LogP contribution >= 0.6 is 0 Å². The van der Waals surface area contributed by atoms with Crippen LogP contribution in [0.2, 0.25) is 0 Å². The van der Waals surface area contributed by atoms with Crippen LogP contribution in [-0.4, -0.2) is 10.9 Å². The summed E-state index contributed by atoms with van der Waals surface area (Å²) in [4.78, 5) is 0. The van der Waals surface area contributed by atoms with E-state index >= 15 is 0 Å². The van der Waals surface area contributed by atoms with Crippen molar-refractivity contribution in [2.45, 2.75) is 26.7 Å². The fourth-order valence-electron chi connectivity index (χ4n) is 1.61. The molecule has 0 aliphatic carbocycles. The molecule has 0 amide bonds. The van der Waals surface area contributed by atoms with E-state index in [4.69, 9.17) is 14.0 Å². The lowest BCUT2D eigenvalue weighted by atomic mass is 10.2. The molecule has 1 N–H and O–H groups in total. The molecule has 0 aliphatic rings. The van der Waals surface area contributed by atoms with Crippen LogP contribution in [0.15, 0.2) is 38.3 Å². The molecule has 0 aromatic carbocycles. The van der Waals surface area contributed by atoms with Crippen LogP contribution in [0, 0.1) is 0 Å². The minimum Gasteiger partial charge on any atom is -0.459 e. The predicted octanol–water partition coefficient (Wildman–Crippen LogP) is 3.22. The molecule has 0 saturated heterocycles. The summed E-state index contributed by atoms with van der Waals surface area (Å²) in [6.07, 6.45) is 1.61. The molecule has 0 aliphatic heterocycles. The van der Waals surface area contributed by atoms with Crippen LogP contribution in [0.4, 0.5) is 0 Å². The zero-order valence-electron chi connectivity index (χ0n) is 9.93. The van der Waals surface area contributed by atoms with Gasteiger partial charge in [-0.1, -0.05) is 19.0 Å². The molecule has 0 saturated carbocycles. The fraction of sp³-hybridized carbons (Fsp3) is 0.308. The minimum absolute atomic E-state index is 0.324. The summed E-state index contributed by atoms with van der Waals surface area (Å²) < 4.78 is 11.1. The molecule has 90 valence electrons. The van der Waals surface area contributed by atoms with Gasteiger partial charge in [0.15, 0.2) is 17.2 Å². The normalized spacial score (nSPS) is 10.5. The molecule has 0 fully saturated rings. The third-order valence-electron chi connectivity index (χ3n) is 2.59. The van der Waals surface area contributed by atoms with Crippen molar-refractivity contribution in [1.29, 1.82) is 0 Å². The van der Waals surface area contributed by atoms with Crippen LogP contribution < -0.4 is 0 Å². The first-order valence-corrected chi connectivity index (χ1v) is 5.68. The first-order chi connectivity index (χ1) is 8.28. The highest BCUT2D eigenvalue weighted by molar-refractivity contribution is 6.09. The van der Waals surface area contributed by atoms with E-state index in [-0.39, 0.29) is 0 Å². The Morgan fingerprint density at radius 2 is 1.47 bits per heavy atom. The second kappa shape index (κ2) is 4.91. The lowest BCUT2D eigenvalue weighted by Gasteiger charge is -1.97. The molecule has 0 atom stereocenters. The highest BCUT2D eigenvalue weighted by Gasteiger charge is 2.15. The first-order valence-electron chi connectivity index (χ1n) is 5.68. The van der Waals surface area contributed by atoms with E-state index in [0.29, 0.717) is 17.2 Å². The average Bonchev–Trinajstić information content (AvgIpc) is 2.99. The summed E-state index contributed by atoms with van der Waals surface area (Å²) in [6.45, 7) is 4.00. The molecule has 0 unspecified atom stereocenters. The maximum Gasteiger partial charge on any atom is 0.187 e. The van der Waals surface area contributed by atoms with Gasteiger partial charge in [0.05, 0.1) is 0 Å². The van der Waals surface area contributed by atoms with Crippen molar-refractivity contribution in [2.24, 2.45) is 5.16 Å². The first kappa shape index (κ1) is 11.5. The molecular formula is C13H15NO3. The van der Waals surface area contributed by atoms with E-state index in [1.54, 1.807) is 12.1 Å². The van der Waals surface area contributed by atoms with Gasteiger partial charge in [-0.25, -0.2) is 0 Å². The van der Waals surface area contributed by atoms with Crippen molar-refractivity contribution in [3.63, 3.8) is 0 Å². The monoisotopic (exact) mass is 233 g/mol.